The van der Waals surface area contributed by atoms with Gasteiger partial charge in [-0.05, 0) is 11.6 Å². The van der Waals surface area contributed by atoms with Crippen LogP contribution in [0.3, 0.4) is 0 Å². The van der Waals surface area contributed by atoms with E-state index in [1.807, 2.05) is 30.3 Å². The maximum atomic E-state index is 13.1. The Hall–Kier alpha value is -2.23. The van der Waals surface area contributed by atoms with Crippen LogP contribution in [0.25, 0.3) is 11.3 Å². The number of aromatic nitrogens is 1. The van der Waals surface area contributed by atoms with Crippen LogP contribution in [0.5, 0.6) is 0 Å². The zero-order valence-corrected chi connectivity index (χ0v) is 8.93. The number of carboxylic acid groups (broad SMARTS) is 1. The lowest BCUT2D eigenvalue weighted by atomic mass is 10.0. The third-order valence-electron chi connectivity index (χ3n) is 2.32. The largest absolute Gasteiger partial charge is 0.481 e. The van der Waals surface area contributed by atoms with Gasteiger partial charge >= 0.3 is 5.97 Å². The molecular weight excluding hydrogens is 221 g/mol. The van der Waals surface area contributed by atoms with Crippen LogP contribution in [-0.4, -0.2) is 16.1 Å². The smallest absolute Gasteiger partial charge is 0.307 e. The molecule has 1 N–H and O–H groups in total. The topological polar surface area (TPSA) is 50.2 Å². The standard InChI is InChI=1S/C13H10FNO2/c14-11-6-10(7-12(16)17)13(15-8-11)9-4-2-1-3-5-9/h1-6,8H,7H2,(H,16,17). The van der Waals surface area contributed by atoms with E-state index in [9.17, 15) is 9.18 Å². The zero-order chi connectivity index (χ0) is 12.3. The summed E-state index contributed by atoms with van der Waals surface area (Å²) in [6.45, 7) is 0. The molecule has 0 atom stereocenters. The van der Waals surface area contributed by atoms with Crippen LogP contribution in [0, 0.1) is 5.82 Å². The van der Waals surface area contributed by atoms with Crippen molar-refractivity contribution in [3.05, 3.63) is 54.0 Å². The number of pyridine rings is 1. The molecule has 4 heteroatoms. The van der Waals surface area contributed by atoms with Crippen molar-refractivity contribution in [2.45, 2.75) is 6.42 Å². The fourth-order valence-corrected chi connectivity index (χ4v) is 1.63. The van der Waals surface area contributed by atoms with E-state index in [-0.39, 0.29) is 6.42 Å². The molecule has 86 valence electrons. The van der Waals surface area contributed by atoms with Crippen molar-refractivity contribution in [3.8, 4) is 11.3 Å². The van der Waals surface area contributed by atoms with Gasteiger partial charge in [0.1, 0.15) is 5.82 Å². The van der Waals surface area contributed by atoms with Crippen LogP contribution in [0.1, 0.15) is 5.56 Å². The van der Waals surface area contributed by atoms with Gasteiger partial charge in [0.15, 0.2) is 0 Å². The van der Waals surface area contributed by atoms with Gasteiger partial charge in [0.05, 0.1) is 18.3 Å². The lowest BCUT2D eigenvalue weighted by Gasteiger charge is -2.06. The van der Waals surface area contributed by atoms with Crippen molar-refractivity contribution < 1.29 is 14.3 Å². The van der Waals surface area contributed by atoms with E-state index < -0.39 is 11.8 Å². The van der Waals surface area contributed by atoms with E-state index in [1.165, 1.54) is 6.07 Å². The number of hydrogen-bond acceptors (Lipinski definition) is 2. The van der Waals surface area contributed by atoms with E-state index in [1.54, 1.807) is 0 Å². The van der Waals surface area contributed by atoms with Crippen molar-refractivity contribution in [2.75, 3.05) is 0 Å². The van der Waals surface area contributed by atoms with Gasteiger partial charge in [-0.2, -0.15) is 0 Å². The third-order valence-corrected chi connectivity index (χ3v) is 2.32. The van der Waals surface area contributed by atoms with Crippen LogP contribution in [-0.2, 0) is 11.2 Å². The molecule has 0 bridgehead atoms. The van der Waals surface area contributed by atoms with E-state index in [2.05, 4.69) is 4.98 Å². The average molecular weight is 231 g/mol. The van der Waals surface area contributed by atoms with Gasteiger partial charge in [-0.3, -0.25) is 9.78 Å². The fourth-order valence-electron chi connectivity index (χ4n) is 1.63. The summed E-state index contributed by atoms with van der Waals surface area (Å²) in [5.74, 6) is -1.53. The van der Waals surface area contributed by atoms with Crippen molar-refractivity contribution in [1.29, 1.82) is 0 Å². The second kappa shape index (κ2) is 4.74. The highest BCUT2D eigenvalue weighted by Crippen LogP contribution is 2.22. The summed E-state index contributed by atoms with van der Waals surface area (Å²) in [7, 11) is 0. The Morgan fingerprint density at radius 2 is 2.00 bits per heavy atom. The van der Waals surface area contributed by atoms with Gasteiger partial charge in [0.2, 0.25) is 0 Å². The number of halogens is 1. The van der Waals surface area contributed by atoms with Gasteiger partial charge in [-0.1, -0.05) is 30.3 Å². The lowest BCUT2D eigenvalue weighted by Crippen LogP contribution is -2.03. The monoisotopic (exact) mass is 231 g/mol. The number of aliphatic carboxylic acids is 1. The number of carbonyl (C=O) groups is 1. The number of carboxylic acids is 1. The first-order valence-electron chi connectivity index (χ1n) is 5.08. The molecule has 0 unspecified atom stereocenters. The Kier molecular flexibility index (Phi) is 3.14. The second-order valence-electron chi connectivity index (χ2n) is 3.60. The molecule has 0 amide bonds. The molecule has 0 saturated heterocycles. The summed E-state index contributed by atoms with van der Waals surface area (Å²) >= 11 is 0. The highest BCUT2D eigenvalue weighted by molar-refractivity contribution is 5.74. The minimum atomic E-state index is -1.01. The molecule has 0 saturated carbocycles. The molecule has 2 rings (SSSR count). The predicted molar refractivity (Wildman–Crippen MR) is 61.0 cm³/mol. The summed E-state index contributed by atoms with van der Waals surface area (Å²) in [5.41, 5.74) is 1.67. The Labute approximate surface area is 97.6 Å². The number of hydrogen-bond donors (Lipinski definition) is 1. The fraction of sp³-hybridized carbons (Fsp3) is 0.0769. The summed E-state index contributed by atoms with van der Waals surface area (Å²) in [4.78, 5) is 14.7. The Morgan fingerprint density at radius 3 is 2.65 bits per heavy atom. The van der Waals surface area contributed by atoms with Crippen molar-refractivity contribution in [2.24, 2.45) is 0 Å². The van der Waals surface area contributed by atoms with Crippen molar-refractivity contribution in [3.63, 3.8) is 0 Å². The number of rotatable bonds is 3. The highest BCUT2D eigenvalue weighted by Gasteiger charge is 2.11. The Balaban J connectivity index is 2.50. The summed E-state index contributed by atoms with van der Waals surface area (Å²) in [6, 6.07) is 10.3. The van der Waals surface area contributed by atoms with Gasteiger partial charge in [-0.15, -0.1) is 0 Å². The van der Waals surface area contributed by atoms with E-state index in [0.717, 1.165) is 11.8 Å². The Bertz CT molecular complexity index is 540. The molecule has 0 aliphatic rings. The van der Waals surface area contributed by atoms with E-state index in [0.29, 0.717) is 11.3 Å². The maximum Gasteiger partial charge on any atom is 0.307 e. The normalized spacial score (nSPS) is 10.2. The number of benzene rings is 1. The molecule has 1 aromatic carbocycles. The summed E-state index contributed by atoms with van der Waals surface area (Å²) in [5, 5.41) is 8.78. The Morgan fingerprint density at radius 1 is 1.29 bits per heavy atom. The second-order valence-corrected chi connectivity index (χ2v) is 3.60. The molecule has 0 spiro atoms. The van der Waals surface area contributed by atoms with E-state index >= 15 is 0 Å². The highest BCUT2D eigenvalue weighted by atomic mass is 19.1. The summed E-state index contributed by atoms with van der Waals surface area (Å²) < 4.78 is 13.1. The van der Waals surface area contributed by atoms with Gasteiger partial charge < -0.3 is 5.11 Å². The predicted octanol–water partition coefficient (Wildman–Crippen LogP) is 2.51. The van der Waals surface area contributed by atoms with Crippen LogP contribution in [0.15, 0.2) is 42.6 Å². The molecule has 17 heavy (non-hydrogen) atoms. The molecule has 0 radical (unpaired) electrons. The summed E-state index contributed by atoms with van der Waals surface area (Å²) in [6.07, 6.45) is 0.850. The zero-order valence-electron chi connectivity index (χ0n) is 8.93. The first-order valence-corrected chi connectivity index (χ1v) is 5.08. The van der Waals surface area contributed by atoms with Gasteiger partial charge in [0, 0.05) is 5.56 Å². The van der Waals surface area contributed by atoms with Crippen molar-refractivity contribution >= 4 is 5.97 Å². The first-order chi connectivity index (χ1) is 8.16. The SMILES string of the molecule is O=C(O)Cc1cc(F)cnc1-c1ccccc1. The van der Waals surface area contributed by atoms with Crippen LogP contribution >= 0.6 is 0 Å². The van der Waals surface area contributed by atoms with Crippen LogP contribution in [0.2, 0.25) is 0 Å². The minimum Gasteiger partial charge on any atom is -0.481 e. The van der Waals surface area contributed by atoms with Crippen molar-refractivity contribution in [1.82, 2.24) is 4.98 Å². The van der Waals surface area contributed by atoms with Crippen LogP contribution in [0.4, 0.5) is 4.39 Å². The minimum absolute atomic E-state index is 0.241. The molecule has 1 heterocycles. The molecule has 0 aliphatic heterocycles. The average Bonchev–Trinajstić information content (AvgIpc) is 2.29. The lowest BCUT2D eigenvalue weighted by molar-refractivity contribution is -0.136. The molecule has 0 fully saturated rings. The van der Waals surface area contributed by atoms with Gasteiger partial charge in [0.25, 0.3) is 0 Å². The quantitative estimate of drug-likeness (QED) is 0.883. The molecule has 2 aromatic rings. The third kappa shape index (κ3) is 2.66. The number of nitrogens with zero attached hydrogens (tertiary/aromatic N) is 1. The van der Waals surface area contributed by atoms with Crippen LogP contribution < -0.4 is 0 Å². The molecular formula is C13H10FNO2. The van der Waals surface area contributed by atoms with Gasteiger partial charge in [-0.25, -0.2) is 4.39 Å². The van der Waals surface area contributed by atoms with E-state index in [4.69, 9.17) is 5.11 Å². The molecule has 3 nitrogen and oxygen atoms in total. The molecule has 1 aromatic heterocycles. The maximum absolute atomic E-state index is 13.1. The first kappa shape index (κ1) is 11.3. The molecule has 0 aliphatic carbocycles.